The number of nitrogens with zero attached hydrogens (tertiary/aromatic N) is 3. The molecule has 0 spiro atoms. The molecule has 0 saturated carbocycles. The zero-order valence-corrected chi connectivity index (χ0v) is 21.1. The SMILES string of the molecule is CCCN1C(=O)C(=Cc2nc(S(=O)(=O)c3ccc(C)c(C)c3)c(N3CCOCC3)o2)SC1=S. The minimum Gasteiger partial charge on any atom is -0.420 e. The molecule has 3 heterocycles. The Morgan fingerprint density at radius 3 is 2.61 bits per heavy atom. The van der Waals surface area contributed by atoms with E-state index >= 15 is 0 Å². The van der Waals surface area contributed by atoms with Crippen LogP contribution in [0.4, 0.5) is 5.88 Å². The van der Waals surface area contributed by atoms with E-state index in [-0.39, 0.29) is 27.6 Å². The summed E-state index contributed by atoms with van der Waals surface area (Å²) >= 11 is 6.47. The summed E-state index contributed by atoms with van der Waals surface area (Å²) in [7, 11) is -3.96. The zero-order chi connectivity index (χ0) is 23.8. The normalized spacial score (nSPS) is 18.6. The van der Waals surface area contributed by atoms with E-state index in [4.69, 9.17) is 21.4 Å². The number of carbonyl (C=O) groups excluding carboxylic acids is 1. The number of hydrogen-bond donors (Lipinski definition) is 0. The first-order chi connectivity index (χ1) is 15.7. The molecule has 0 radical (unpaired) electrons. The van der Waals surface area contributed by atoms with Crippen molar-refractivity contribution in [1.29, 1.82) is 0 Å². The molecule has 2 aliphatic heterocycles. The molecule has 2 saturated heterocycles. The Labute approximate surface area is 202 Å². The standard InChI is InChI=1S/C22H25N3O5S3/c1-4-7-25-20(26)17(32-22(25)31)13-18-23-19(21(30-18)24-8-10-29-11-9-24)33(27,28)16-6-5-14(2)15(3)12-16/h5-6,12-13H,4,7-11H2,1-3H3. The van der Waals surface area contributed by atoms with Crippen LogP contribution < -0.4 is 4.90 Å². The fourth-order valence-electron chi connectivity index (χ4n) is 3.54. The van der Waals surface area contributed by atoms with Crippen LogP contribution in [0.5, 0.6) is 0 Å². The first kappa shape index (κ1) is 23.9. The van der Waals surface area contributed by atoms with Crippen LogP contribution in [0.25, 0.3) is 6.08 Å². The van der Waals surface area contributed by atoms with Gasteiger partial charge in [0.1, 0.15) is 4.32 Å². The van der Waals surface area contributed by atoms with Crippen LogP contribution in [0, 0.1) is 13.8 Å². The van der Waals surface area contributed by atoms with Gasteiger partial charge in [-0.05, 0) is 43.5 Å². The summed E-state index contributed by atoms with van der Waals surface area (Å²) < 4.78 is 38.9. The maximum absolute atomic E-state index is 13.6. The summed E-state index contributed by atoms with van der Waals surface area (Å²) in [5.41, 5.74) is 1.87. The lowest BCUT2D eigenvalue weighted by Gasteiger charge is -2.26. The molecule has 0 atom stereocenters. The number of ether oxygens (including phenoxy) is 1. The Morgan fingerprint density at radius 2 is 1.94 bits per heavy atom. The monoisotopic (exact) mass is 507 g/mol. The molecule has 2 aliphatic rings. The van der Waals surface area contributed by atoms with Gasteiger partial charge in [0.2, 0.25) is 26.6 Å². The topological polar surface area (TPSA) is 93.0 Å². The molecule has 176 valence electrons. The number of thiocarbonyl (C=S) groups is 1. The van der Waals surface area contributed by atoms with Crippen molar-refractivity contribution < 1.29 is 22.4 Å². The third kappa shape index (κ3) is 4.72. The van der Waals surface area contributed by atoms with Crippen LogP contribution in [-0.4, -0.2) is 61.4 Å². The molecule has 33 heavy (non-hydrogen) atoms. The third-order valence-electron chi connectivity index (χ3n) is 5.51. The van der Waals surface area contributed by atoms with Crippen LogP contribution in [-0.2, 0) is 19.4 Å². The van der Waals surface area contributed by atoms with Crippen molar-refractivity contribution in [3.05, 3.63) is 40.1 Å². The number of aromatic nitrogens is 1. The number of sulfone groups is 1. The summed E-state index contributed by atoms with van der Waals surface area (Å²) in [5.74, 6) is -0.0146. The molecule has 0 bridgehead atoms. The van der Waals surface area contributed by atoms with Crippen LogP contribution >= 0.6 is 24.0 Å². The lowest BCUT2D eigenvalue weighted by Crippen LogP contribution is -2.36. The molecular weight excluding hydrogens is 482 g/mol. The number of amides is 1. The van der Waals surface area contributed by atoms with E-state index in [1.54, 1.807) is 18.2 Å². The highest BCUT2D eigenvalue weighted by Gasteiger charge is 2.34. The Morgan fingerprint density at radius 1 is 1.21 bits per heavy atom. The van der Waals surface area contributed by atoms with Crippen LogP contribution in [0.1, 0.15) is 30.4 Å². The van der Waals surface area contributed by atoms with Crippen molar-refractivity contribution in [3.63, 3.8) is 0 Å². The van der Waals surface area contributed by atoms with Gasteiger partial charge in [0.25, 0.3) is 5.91 Å². The fraction of sp³-hybridized carbons (Fsp3) is 0.409. The van der Waals surface area contributed by atoms with Crippen molar-refractivity contribution in [2.75, 3.05) is 37.7 Å². The molecule has 0 aliphatic carbocycles. The average molecular weight is 508 g/mol. The van der Waals surface area contributed by atoms with Crippen molar-refractivity contribution in [2.24, 2.45) is 0 Å². The maximum atomic E-state index is 13.6. The molecule has 0 N–H and O–H groups in total. The second kappa shape index (κ2) is 9.57. The van der Waals surface area contributed by atoms with E-state index in [0.29, 0.717) is 42.1 Å². The van der Waals surface area contributed by atoms with Gasteiger partial charge in [0.15, 0.2) is 0 Å². The minimum absolute atomic E-state index is 0.0518. The molecule has 8 nitrogen and oxygen atoms in total. The number of carbonyl (C=O) groups is 1. The van der Waals surface area contributed by atoms with E-state index < -0.39 is 9.84 Å². The number of morpholine rings is 1. The van der Waals surface area contributed by atoms with E-state index in [0.717, 1.165) is 29.3 Å². The number of thioether (sulfide) groups is 1. The summed E-state index contributed by atoms with van der Waals surface area (Å²) in [4.78, 5) is 20.9. The first-order valence-electron chi connectivity index (χ1n) is 10.6. The summed E-state index contributed by atoms with van der Waals surface area (Å²) in [6.45, 7) is 8.14. The molecule has 11 heteroatoms. The van der Waals surface area contributed by atoms with E-state index in [1.165, 1.54) is 11.0 Å². The van der Waals surface area contributed by atoms with Crippen LogP contribution in [0.15, 0.2) is 37.4 Å². The third-order valence-corrected chi connectivity index (χ3v) is 8.54. The highest BCUT2D eigenvalue weighted by molar-refractivity contribution is 8.26. The van der Waals surface area contributed by atoms with Gasteiger partial charge in [-0.3, -0.25) is 9.69 Å². The largest absolute Gasteiger partial charge is 0.420 e. The smallest absolute Gasteiger partial charge is 0.266 e. The molecule has 2 aromatic rings. The number of aryl methyl sites for hydroxylation is 2. The molecule has 2 fully saturated rings. The molecule has 4 rings (SSSR count). The second-order valence-corrected chi connectivity index (χ2v) is 11.4. The summed E-state index contributed by atoms with van der Waals surface area (Å²) in [5, 5.41) is -0.164. The van der Waals surface area contributed by atoms with Crippen LogP contribution in [0.3, 0.4) is 0 Å². The first-order valence-corrected chi connectivity index (χ1v) is 13.3. The van der Waals surface area contributed by atoms with Crippen molar-refractivity contribution >= 4 is 56.0 Å². The van der Waals surface area contributed by atoms with E-state index in [2.05, 4.69) is 4.98 Å². The minimum atomic E-state index is -3.96. The number of rotatable bonds is 6. The summed E-state index contributed by atoms with van der Waals surface area (Å²) in [6.07, 6.45) is 2.25. The van der Waals surface area contributed by atoms with Gasteiger partial charge in [0, 0.05) is 25.7 Å². The van der Waals surface area contributed by atoms with Crippen molar-refractivity contribution in [3.8, 4) is 0 Å². The van der Waals surface area contributed by atoms with Gasteiger partial charge in [-0.15, -0.1) is 0 Å². The van der Waals surface area contributed by atoms with E-state index in [1.807, 2.05) is 25.7 Å². The van der Waals surface area contributed by atoms with E-state index in [9.17, 15) is 13.2 Å². The lowest BCUT2D eigenvalue weighted by atomic mass is 10.1. The van der Waals surface area contributed by atoms with Crippen molar-refractivity contribution in [2.45, 2.75) is 37.1 Å². The van der Waals surface area contributed by atoms with Gasteiger partial charge in [-0.25, -0.2) is 8.42 Å². The Kier molecular flexibility index (Phi) is 6.94. The van der Waals surface area contributed by atoms with Gasteiger partial charge >= 0.3 is 0 Å². The fourth-order valence-corrected chi connectivity index (χ4v) is 6.22. The number of anilines is 1. The number of oxazole rings is 1. The number of hydrogen-bond acceptors (Lipinski definition) is 9. The molecule has 0 unspecified atom stereocenters. The van der Waals surface area contributed by atoms with Gasteiger partial charge in [-0.2, -0.15) is 4.98 Å². The average Bonchev–Trinajstić information content (AvgIpc) is 3.34. The van der Waals surface area contributed by atoms with Gasteiger partial charge < -0.3 is 14.1 Å². The maximum Gasteiger partial charge on any atom is 0.266 e. The molecule has 1 aromatic heterocycles. The number of benzene rings is 1. The predicted octanol–water partition coefficient (Wildman–Crippen LogP) is 3.57. The Balaban J connectivity index is 1.78. The Hall–Kier alpha value is -2.21. The van der Waals surface area contributed by atoms with Gasteiger partial charge in [0.05, 0.1) is 23.0 Å². The Bertz CT molecular complexity index is 1230. The van der Waals surface area contributed by atoms with Crippen molar-refractivity contribution in [1.82, 2.24) is 9.88 Å². The second-order valence-electron chi connectivity index (χ2n) is 7.84. The highest BCUT2D eigenvalue weighted by atomic mass is 32.2. The van der Waals surface area contributed by atoms with Crippen LogP contribution in [0.2, 0.25) is 0 Å². The lowest BCUT2D eigenvalue weighted by molar-refractivity contribution is -0.122. The predicted molar refractivity (Wildman–Crippen MR) is 131 cm³/mol. The molecule has 1 amide bonds. The highest BCUT2D eigenvalue weighted by Crippen LogP contribution is 2.36. The zero-order valence-electron chi connectivity index (χ0n) is 18.7. The van der Waals surface area contributed by atoms with Gasteiger partial charge in [-0.1, -0.05) is 37.0 Å². The molecule has 1 aromatic carbocycles. The summed E-state index contributed by atoms with van der Waals surface area (Å²) in [6, 6.07) is 4.99. The molecular formula is C22H25N3O5S3. The quantitative estimate of drug-likeness (QED) is 0.430.